The molecule has 0 saturated heterocycles. The minimum Gasteiger partial charge on any atom is -0.462 e. The molecule has 0 aromatic rings. The maximum absolute atomic E-state index is 13.0. The topological polar surface area (TPSA) is 237 Å². The summed E-state index contributed by atoms with van der Waals surface area (Å²) in [6.07, 6.45) is 41.7. The van der Waals surface area contributed by atoms with Crippen molar-refractivity contribution in [1.82, 2.24) is 0 Å². The van der Waals surface area contributed by atoms with Gasteiger partial charge in [0.1, 0.15) is 19.3 Å². The normalized spacial score (nSPS) is 14.2. The zero-order valence-corrected chi connectivity index (χ0v) is 55.1. The van der Waals surface area contributed by atoms with E-state index in [0.29, 0.717) is 31.6 Å². The van der Waals surface area contributed by atoms with Crippen molar-refractivity contribution in [3.8, 4) is 0 Å². The Labute approximate surface area is 505 Å². The summed E-state index contributed by atoms with van der Waals surface area (Å²) in [5, 5.41) is 10.5. The maximum Gasteiger partial charge on any atom is 0.472 e. The summed E-state index contributed by atoms with van der Waals surface area (Å²) in [4.78, 5) is 72.1. The van der Waals surface area contributed by atoms with E-state index in [0.717, 1.165) is 96.3 Å². The van der Waals surface area contributed by atoms with Gasteiger partial charge in [0, 0.05) is 25.7 Å². The number of unbranched alkanes of at least 4 members (excludes halogenated alkanes) is 36. The number of ether oxygens (including phenoxy) is 4. The first-order valence-corrected chi connectivity index (χ1v) is 36.6. The molecule has 492 valence electrons. The first-order chi connectivity index (χ1) is 40.0. The van der Waals surface area contributed by atoms with Crippen LogP contribution in [0.4, 0.5) is 0 Å². The summed E-state index contributed by atoms with van der Waals surface area (Å²) in [6.45, 7) is 7.10. The van der Waals surface area contributed by atoms with Gasteiger partial charge in [0.25, 0.3) is 0 Å². The Morgan fingerprint density at radius 1 is 0.325 bits per heavy atom. The van der Waals surface area contributed by atoms with Gasteiger partial charge < -0.3 is 33.8 Å². The number of esters is 4. The molecule has 0 heterocycles. The lowest BCUT2D eigenvalue weighted by Crippen LogP contribution is -2.30. The van der Waals surface area contributed by atoms with Crippen LogP contribution in [0, 0.1) is 5.92 Å². The summed E-state index contributed by atoms with van der Waals surface area (Å²) < 4.78 is 68.0. The molecule has 0 saturated carbocycles. The van der Waals surface area contributed by atoms with Crippen molar-refractivity contribution in [2.75, 3.05) is 39.6 Å². The molecule has 3 N–H and O–H groups in total. The van der Waals surface area contributed by atoms with Crippen molar-refractivity contribution < 1.29 is 80.2 Å². The standard InChI is InChI=1S/C64H124O17P2/c1-6-9-12-15-18-21-24-25-26-27-30-33-40-45-50-64(69)80-59(53-74-61(66)47-42-37-31-28-22-19-16-13-10-7-2)55-78-82(70,71)76-51-58(65)52-77-83(72,73)79-56-60(54-75-62(67)48-43-38-35-34-36-41-46-57(4)5)81-63(68)49-44-39-32-29-23-20-17-14-11-8-3/h57-60,65H,6-56H2,1-5H3,(H,70,71)(H,72,73)/t58-,59-,60-/m1/s1. The molecule has 0 radical (unpaired) electrons. The Morgan fingerprint density at radius 3 is 0.819 bits per heavy atom. The molecule has 0 aromatic carbocycles. The van der Waals surface area contributed by atoms with Crippen molar-refractivity contribution in [3.05, 3.63) is 0 Å². The number of carbonyl (C=O) groups excluding carboxylic acids is 4. The van der Waals surface area contributed by atoms with E-state index >= 15 is 0 Å². The number of hydrogen-bond acceptors (Lipinski definition) is 15. The molecule has 0 rings (SSSR count). The minimum atomic E-state index is -4.94. The second-order valence-corrected chi connectivity index (χ2v) is 26.5. The minimum absolute atomic E-state index is 0.105. The first kappa shape index (κ1) is 81.1. The molecule has 0 aliphatic heterocycles. The highest BCUT2D eigenvalue weighted by Crippen LogP contribution is 2.45. The Balaban J connectivity index is 5.22. The lowest BCUT2D eigenvalue weighted by atomic mass is 10.0. The number of carbonyl (C=O) groups is 4. The molecule has 0 bridgehead atoms. The fourth-order valence-electron chi connectivity index (χ4n) is 9.58. The lowest BCUT2D eigenvalue weighted by molar-refractivity contribution is -0.161. The molecular formula is C64H124O17P2. The van der Waals surface area contributed by atoms with Gasteiger partial charge >= 0.3 is 39.5 Å². The largest absolute Gasteiger partial charge is 0.472 e. The fourth-order valence-corrected chi connectivity index (χ4v) is 11.2. The van der Waals surface area contributed by atoms with Crippen LogP contribution < -0.4 is 0 Å². The maximum atomic E-state index is 13.0. The second kappa shape index (κ2) is 57.8. The smallest absolute Gasteiger partial charge is 0.462 e. The Kier molecular flexibility index (Phi) is 56.4. The highest BCUT2D eigenvalue weighted by molar-refractivity contribution is 7.47. The highest BCUT2D eigenvalue weighted by Gasteiger charge is 2.30. The van der Waals surface area contributed by atoms with Gasteiger partial charge in [-0.05, 0) is 31.6 Å². The molecule has 0 aromatic heterocycles. The average molecular weight is 1230 g/mol. The van der Waals surface area contributed by atoms with Crippen LogP contribution in [0.15, 0.2) is 0 Å². The lowest BCUT2D eigenvalue weighted by Gasteiger charge is -2.21. The van der Waals surface area contributed by atoms with Gasteiger partial charge in [-0.1, -0.05) is 272 Å². The summed E-state index contributed by atoms with van der Waals surface area (Å²) in [7, 11) is -9.88. The van der Waals surface area contributed by atoms with Gasteiger partial charge in [-0.15, -0.1) is 0 Å². The Hall–Kier alpha value is -1.94. The predicted octanol–water partition coefficient (Wildman–Crippen LogP) is 17.8. The van der Waals surface area contributed by atoms with Crippen LogP contribution in [-0.2, 0) is 65.4 Å². The molecule has 2 unspecified atom stereocenters. The highest BCUT2D eigenvalue weighted by atomic mass is 31.2. The third kappa shape index (κ3) is 58.8. The number of phosphoric acid groups is 2. The molecular weight excluding hydrogens is 1100 g/mol. The van der Waals surface area contributed by atoms with Crippen LogP contribution in [0.2, 0.25) is 0 Å². The van der Waals surface area contributed by atoms with E-state index in [9.17, 15) is 43.2 Å². The third-order valence-corrected chi connectivity index (χ3v) is 16.7. The van der Waals surface area contributed by atoms with E-state index in [4.69, 9.17) is 37.0 Å². The predicted molar refractivity (Wildman–Crippen MR) is 331 cm³/mol. The van der Waals surface area contributed by atoms with E-state index in [1.165, 1.54) is 141 Å². The number of rotatable bonds is 64. The zero-order valence-electron chi connectivity index (χ0n) is 53.3. The van der Waals surface area contributed by atoms with E-state index in [1.54, 1.807) is 0 Å². The summed E-state index contributed by atoms with van der Waals surface area (Å²) in [5.74, 6) is -1.45. The van der Waals surface area contributed by atoms with Crippen molar-refractivity contribution in [3.63, 3.8) is 0 Å². The van der Waals surface area contributed by atoms with Crippen molar-refractivity contribution in [2.45, 2.75) is 342 Å². The molecule has 0 spiro atoms. The monoisotopic (exact) mass is 1230 g/mol. The number of aliphatic hydroxyl groups is 1. The number of phosphoric ester groups is 2. The fraction of sp³-hybridized carbons (Fsp3) is 0.938. The molecule has 19 heteroatoms. The zero-order chi connectivity index (χ0) is 61.3. The van der Waals surface area contributed by atoms with Gasteiger partial charge in [0.05, 0.1) is 26.4 Å². The number of hydrogen-bond donors (Lipinski definition) is 3. The van der Waals surface area contributed by atoms with Crippen LogP contribution in [0.25, 0.3) is 0 Å². The Bertz CT molecular complexity index is 1620. The van der Waals surface area contributed by atoms with Crippen LogP contribution >= 0.6 is 15.6 Å². The quantitative estimate of drug-likeness (QED) is 0.0222. The summed E-state index contributed by atoms with van der Waals surface area (Å²) in [5.41, 5.74) is 0. The molecule has 0 amide bonds. The second-order valence-electron chi connectivity index (χ2n) is 23.6. The molecule has 83 heavy (non-hydrogen) atoms. The van der Waals surface area contributed by atoms with Gasteiger partial charge in [0.15, 0.2) is 12.2 Å². The SMILES string of the molecule is CCCCCCCCCCCCCCCCC(=O)O[C@H](COC(=O)CCCCCCCCCCCC)COP(=O)(O)OC[C@@H](O)COP(=O)(O)OC[C@@H](COC(=O)CCCCCCCCC(C)C)OC(=O)CCCCCCCCCCCC. The molecule has 0 fully saturated rings. The van der Waals surface area contributed by atoms with Gasteiger partial charge in [-0.2, -0.15) is 0 Å². The molecule has 0 aliphatic carbocycles. The van der Waals surface area contributed by atoms with Crippen LogP contribution in [0.3, 0.4) is 0 Å². The average Bonchev–Trinajstić information content (AvgIpc) is 3.46. The molecule has 5 atom stereocenters. The molecule has 17 nitrogen and oxygen atoms in total. The Morgan fingerprint density at radius 2 is 0.554 bits per heavy atom. The van der Waals surface area contributed by atoms with Crippen molar-refractivity contribution >= 4 is 39.5 Å². The van der Waals surface area contributed by atoms with Crippen LogP contribution in [0.1, 0.15) is 324 Å². The van der Waals surface area contributed by atoms with Crippen LogP contribution in [-0.4, -0.2) is 96.7 Å². The summed E-state index contributed by atoms with van der Waals surface area (Å²) in [6, 6.07) is 0. The summed E-state index contributed by atoms with van der Waals surface area (Å²) >= 11 is 0. The van der Waals surface area contributed by atoms with Crippen LogP contribution in [0.5, 0.6) is 0 Å². The number of aliphatic hydroxyl groups excluding tert-OH is 1. The van der Waals surface area contributed by atoms with Crippen molar-refractivity contribution in [1.29, 1.82) is 0 Å². The first-order valence-electron chi connectivity index (χ1n) is 33.6. The van der Waals surface area contributed by atoms with Gasteiger partial charge in [-0.25, -0.2) is 9.13 Å². The van der Waals surface area contributed by atoms with E-state index in [2.05, 4.69) is 34.6 Å². The van der Waals surface area contributed by atoms with Gasteiger partial charge in [0.2, 0.25) is 0 Å². The molecule has 0 aliphatic rings. The third-order valence-electron chi connectivity index (χ3n) is 14.8. The van der Waals surface area contributed by atoms with E-state index < -0.39 is 97.5 Å². The van der Waals surface area contributed by atoms with E-state index in [-0.39, 0.29) is 25.7 Å². The van der Waals surface area contributed by atoms with Crippen molar-refractivity contribution in [2.24, 2.45) is 5.92 Å². The van der Waals surface area contributed by atoms with Gasteiger partial charge in [-0.3, -0.25) is 37.3 Å². The van der Waals surface area contributed by atoms with E-state index in [1.807, 2.05) is 0 Å².